The molecule has 1 amide bonds. The molecule has 0 atom stereocenters. The highest BCUT2D eigenvalue weighted by atomic mass is 79.9. The second-order valence-electron chi connectivity index (χ2n) is 4.35. The van der Waals surface area contributed by atoms with Gasteiger partial charge < -0.3 is 4.90 Å². The monoisotopic (exact) mass is 368 g/mol. The maximum Gasteiger partial charge on any atom is 0.247 e. The largest absolute Gasteiger partial charge is 0.343 e. The zero-order chi connectivity index (χ0) is 15.1. The Balaban J connectivity index is 2.44. The number of carbonyl (C=O) groups is 1. The van der Waals surface area contributed by atoms with Crippen molar-refractivity contribution in [1.29, 1.82) is 0 Å². The molecule has 0 aliphatic carbocycles. The van der Waals surface area contributed by atoms with Crippen LogP contribution in [0, 0.1) is 11.6 Å². The number of hydrogen-bond acceptors (Lipinski definition) is 3. The number of piperazine rings is 1. The molecule has 1 aliphatic rings. The quantitative estimate of drug-likeness (QED) is 0.787. The van der Waals surface area contributed by atoms with Crippen molar-refractivity contribution in [1.82, 2.24) is 9.21 Å². The Kier molecular flexibility index (Phi) is 4.12. The van der Waals surface area contributed by atoms with Crippen LogP contribution >= 0.6 is 15.9 Å². The van der Waals surface area contributed by atoms with Gasteiger partial charge in [-0.1, -0.05) is 0 Å². The third kappa shape index (κ3) is 2.70. The molecule has 5 nitrogen and oxygen atoms in total. The van der Waals surface area contributed by atoms with Crippen LogP contribution < -0.4 is 0 Å². The molecule has 1 saturated heterocycles. The average Bonchev–Trinajstić information content (AvgIpc) is 2.30. The van der Waals surface area contributed by atoms with Gasteiger partial charge in [-0.15, -0.1) is 0 Å². The first-order chi connectivity index (χ1) is 9.23. The fourth-order valence-electron chi connectivity index (χ4n) is 1.85. The molecule has 1 heterocycles. The van der Waals surface area contributed by atoms with Crippen LogP contribution in [0.5, 0.6) is 0 Å². The maximum absolute atomic E-state index is 13.8. The lowest BCUT2D eigenvalue weighted by Crippen LogP contribution is -2.50. The van der Waals surface area contributed by atoms with E-state index in [4.69, 9.17) is 0 Å². The summed E-state index contributed by atoms with van der Waals surface area (Å²) in [6.45, 7) is -0.0750. The van der Waals surface area contributed by atoms with Crippen LogP contribution in [0.15, 0.2) is 21.5 Å². The molecular formula is C11H11BrF2N2O3S. The molecule has 0 aromatic heterocycles. The normalized spacial score (nSPS) is 17.6. The van der Waals surface area contributed by atoms with Gasteiger partial charge in [-0.25, -0.2) is 17.2 Å². The number of benzene rings is 1. The van der Waals surface area contributed by atoms with Gasteiger partial charge in [-0.05, 0) is 22.0 Å². The van der Waals surface area contributed by atoms with Crippen molar-refractivity contribution >= 4 is 31.9 Å². The molecule has 2 rings (SSSR count). The summed E-state index contributed by atoms with van der Waals surface area (Å²) in [7, 11) is -2.64. The third-order valence-corrected chi connectivity index (χ3v) is 5.79. The van der Waals surface area contributed by atoms with Crippen LogP contribution in [0.1, 0.15) is 0 Å². The van der Waals surface area contributed by atoms with Gasteiger partial charge in [-0.3, -0.25) is 4.79 Å². The summed E-state index contributed by atoms with van der Waals surface area (Å²) in [6, 6.07) is 1.36. The first kappa shape index (κ1) is 15.3. The van der Waals surface area contributed by atoms with E-state index in [0.29, 0.717) is 6.07 Å². The first-order valence-electron chi connectivity index (χ1n) is 5.62. The Morgan fingerprint density at radius 2 is 1.90 bits per heavy atom. The number of hydrogen-bond donors (Lipinski definition) is 0. The van der Waals surface area contributed by atoms with Crippen LogP contribution in [0.4, 0.5) is 8.78 Å². The zero-order valence-corrected chi connectivity index (χ0v) is 12.8. The summed E-state index contributed by atoms with van der Waals surface area (Å²) in [5, 5.41) is 0. The summed E-state index contributed by atoms with van der Waals surface area (Å²) in [5.74, 6) is -2.45. The van der Waals surface area contributed by atoms with Crippen molar-refractivity contribution in [3.05, 3.63) is 28.2 Å². The first-order valence-corrected chi connectivity index (χ1v) is 7.85. The molecule has 1 aliphatic heterocycles. The number of nitrogens with zero attached hydrogens (tertiary/aromatic N) is 2. The molecule has 1 aromatic carbocycles. The molecule has 0 bridgehead atoms. The third-order valence-electron chi connectivity index (χ3n) is 2.98. The summed E-state index contributed by atoms with van der Waals surface area (Å²) < 4.78 is 52.2. The van der Waals surface area contributed by atoms with Crippen LogP contribution in [-0.4, -0.2) is 50.2 Å². The molecule has 0 spiro atoms. The predicted octanol–water partition coefficient (Wildman–Crippen LogP) is 1.19. The molecular weight excluding hydrogens is 358 g/mol. The smallest absolute Gasteiger partial charge is 0.247 e. The van der Waals surface area contributed by atoms with Gasteiger partial charge >= 0.3 is 0 Å². The second kappa shape index (κ2) is 5.38. The standard InChI is InChI=1S/C11H11BrF2N2O3S/c1-15-2-3-16(6-10(15)17)20(18,19)11-8(12)4-7(13)5-9(11)14/h4-5H,2-3,6H2,1H3. The minimum Gasteiger partial charge on any atom is -0.343 e. The number of amides is 1. The van der Waals surface area contributed by atoms with Crippen molar-refractivity contribution in [2.75, 3.05) is 26.7 Å². The minimum atomic E-state index is -4.20. The Morgan fingerprint density at radius 1 is 1.25 bits per heavy atom. The number of likely N-dealkylation sites (N-methyl/N-ethyl adjacent to an activating group) is 1. The van der Waals surface area contributed by atoms with E-state index in [1.54, 1.807) is 7.05 Å². The lowest BCUT2D eigenvalue weighted by Gasteiger charge is -2.31. The van der Waals surface area contributed by atoms with Crippen molar-refractivity contribution in [2.45, 2.75) is 4.90 Å². The van der Waals surface area contributed by atoms with E-state index in [2.05, 4.69) is 15.9 Å². The van der Waals surface area contributed by atoms with E-state index in [1.807, 2.05) is 0 Å². The van der Waals surface area contributed by atoms with Gasteiger partial charge in [-0.2, -0.15) is 4.31 Å². The summed E-state index contributed by atoms with van der Waals surface area (Å²) in [4.78, 5) is 12.3. The number of rotatable bonds is 2. The van der Waals surface area contributed by atoms with Crippen LogP contribution in [-0.2, 0) is 14.8 Å². The summed E-state index contributed by atoms with van der Waals surface area (Å²) in [5.41, 5.74) is 0. The molecule has 110 valence electrons. The lowest BCUT2D eigenvalue weighted by atomic mass is 10.3. The van der Waals surface area contributed by atoms with Crippen molar-refractivity contribution in [2.24, 2.45) is 0 Å². The summed E-state index contributed by atoms with van der Waals surface area (Å²) >= 11 is 2.85. The average molecular weight is 369 g/mol. The highest BCUT2D eigenvalue weighted by Crippen LogP contribution is 2.29. The van der Waals surface area contributed by atoms with Crippen molar-refractivity contribution < 1.29 is 22.0 Å². The number of sulfonamides is 1. The van der Waals surface area contributed by atoms with Gasteiger partial charge in [0.05, 0.1) is 6.54 Å². The molecule has 20 heavy (non-hydrogen) atoms. The highest BCUT2D eigenvalue weighted by molar-refractivity contribution is 9.10. The lowest BCUT2D eigenvalue weighted by molar-refractivity contribution is -0.132. The Bertz CT molecular complexity index is 643. The molecule has 1 aromatic rings. The van der Waals surface area contributed by atoms with E-state index in [9.17, 15) is 22.0 Å². The maximum atomic E-state index is 13.8. The second-order valence-corrected chi connectivity index (χ2v) is 7.08. The van der Waals surface area contributed by atoms with Crippen LogP contribution in [0.2, 0.25) is 0 Å². The number of halogens is 3. The molecule has 1 fully saturated rings. The Hall–Kier alpha value is -1.06. The van der Waals surface area contributed by atoms with Gasteiger partial charge in [0.1, 0.15) is 16.5 Å². The fraction of sp³-hybridized carbons (Fsp3) is 0.364. The van der Waals surface area contributed by atoms with E-state index < -0.39 is 26.6 Å². The molecule has 0 saturated carbocycles. The van der Waals surface area contributed by atoms with Crippen LogP contribution in [0.25, 0.3) is 0 Å². The van der Waals surface area contributed by atoms with Crippen molar-refractivity contribution in [3.63, 3.8) is 0 Å². The topological polar surface area (TPSA) is 57.7 Å². The van der Waals surface area contributed by atoms with Crippen LogP contribution in [0.3, 0.4) is 0 Å². The number of carbonyl (C=O) groups excluding carboxylic acids is 1. The molecule has 0 radical (unpaired) electrons. The summed E-state index contributed by atoms with van der Waals surface area (Å²) in [6.07, 6.45) is 0. The predicted molar refractivity (Wildman–Crippen MR) is 70.5 cm³/mol. The van der Waals surface area contributed by atoms with E-state index in [-0.39, 0.29) is 30.0 Å². The van der Waals surface area contributed by atoms with E-state index >= 15 is 0 Å². The van der Waals surface area contributed by atoms with Gasteiger partial charge in [0.2, 0.25) is 15.9 Å². The van der Waals surface area contributed by atoms with E-state index in [1.165, 1.54) is 4.90 Å². The van der Waals surface area contributed by atoms with Crippen molar-refractivity contribution in [3.8, 4) is 0 Å². The Morgan fingerprint density at radius 3 is 2.45 bits per heavy atom. The van der Waals surface area contributed by atoms with Gasteiger partial charge in [0.15, 0.2) is 0 Å². The van der Waals surface area contributed by atoms with E-state index in [0.717, 1.165) is 10.4 Å². The molecule has 0 N–H and O–H groups in total. The zero-order valence-electron chi connectivity index (χ0n) is 10.4. The van der Waals surface area contributed by atoms with Gasteiger partial charge in [0, 0.05) is 30.7 Å². The highest BCUT2D eigenvalue weighted by Gasteiger charge is 2.34. The Labute approximate surface area is 123 Å². The fourth-order valence-corrected chi connectivity index (χ4v) is 4.34. The molecule has 0 unspecified atom stereocenters. The molecule has 9 heteroatoms. The van der Waals surface area contributed by atoms with Gasteiger partial charge in [0.25, 0.3) is 0 Å². The SMILES string of the molecule is CN1CCN(S(=O)(=O)c2c(F)cc(F)cc2Br)CC1=O. The minimum absolute atomic E-state index is 0.0633.